The fourth-order valence-corrected chi connectivity index (χ4v) is 2.67. The summed E-state index contributed by atoms with van der Waals surface area (Å²) in [7, 11) is 1.45. The highest BCUT2D eigenvalue weighted by Gasteiger charge is 2.20. The highest BCUT2D eigenvalue weighted by atomic mass is 16.5. The third kappa shape index (κ3) is 5.49. The van der Waals surface area contributed by atoms with E-state index in [1.54, 1.807) is 0 Å². The number of carbonyl (C=O) groups excluding carboxylic acids is 1. The summed E-state index contributed by atoms with van der Waals surface area (Å²) in [5.74, 6) is -0.219. The Balaban J connectivity index is 2.14. The second-order valence-corrected chi connectivity index (χ2v) is 5.79. The zero-order valence-electron chi connectivity index (χ0n) is 12.9. The molecule has 19 heavy (non-hydrogen) atoms. The van der Waals surface area contributed by atoms with E-state index >= 15 is 0 Å². The van der Waals surface area contributed by atoms with Crippen LogP contribution in [0.4, 0.5) is 0 Å². The van der Waals surface area contributed by atoms with Crippen molar-refractivity contribution in [3.05, 3.63) is 0 Å². The van der Waals surface area contributed by atoms with Gasteiger partial charge < -0.3 is 15.0 Å². The maximum atomic E-state index is 11.4. The third-order valence-electron chi connectivity index (χ3n) is 4.35. The van der Waals surface area contributed by atoms with Crippen LogP contribution in [0, 0.1) is 5.92 Å². The number of nitrogens with zero attached hydrogens (tertiary/aromatic N) is 1. The number of likely N-dealkylation sites (tertiary alicyclic amines) is 1. The highest BCUT2D eigenvalue weighted by molar-refractivity contribution is 5.72. The maximum Gasteiger partial charge on any atom is 0.309 e. The lowest BCUT2D eigenvalue weighted by molar-refractivity contribution is -0.145. The van der Waals surface area contributed by atoms with Crippen molar-refractivity contribution in [2.45, 2.75) is 58.5 Å². The number of nitrogens with one attached hydrogen (secondary N) is 1. The van der Waals surface area contributed by atoms with Crippen LogP contribution in [-0.2, 0) is 9.53 Å². The van der Waals surface area contributed by atoms with Gasteiger partial charge in [-0.1, -0.05) is 13.3 Å². The van der Waals surface area contributed by atoms with Gasteiger partial charge in [-0.05, 0) is 52.7 Å². The Morgan fingerprint density at radius 2 is 2.16 bits per heavy atom. The zero-order valence-corrected chi connectivity index (χ0v) is 12.9. The predicted molar refractivity (Wildman–Crippen MR) is 78.1 cm³/mol. The Bertz CT molecular complexity index is 271. The van der Waals surface area contributed by atoms with Gasteiger partial charge in [0.25, 0.3) is 0 Å². The van der Waals surface area contributed by atoms with E-state index in [-0.39, 0.29) is 17.9 Å². The van der Waals surface area contributed by atoms with Crippen molar-refractivity contribution in [1.82, 2.24) is 10.2 Å². The van der Waals surface area contributed by atoms with Crippen molar-refractivity contribution >= 4 is 5.97 Å². The van der Waals surface area contributed by atoms with Gasteiger partial charge in [0.2, 0.25) is 0 Å². The van der Waals surface area contributed by atoms with Gasteiger partial charge in [0.1, 0.15) is 0 Å². The summed E-state index contributed by atoms with van der Waals surface area (Å²) in [4.78, 5) is 14.0. The van der Waals surface area contributed by atoms with Gasteiger partial charge in [0, 0.05) is 12.1 Å². The quantitative estimate of drug-likeness (QED) is 0.568. The Kier molecular flexibility index (Phi) is 7.39. The summed E-state index contributed by atoms with van der Waals surface area (Å²) in [5.41, 5.74) is 0. The zero-order chi connectivity index (χ0) is 14.3. The molecule has 4 heteroatoms. The molecular weight excluding hydrogens is 240 g/mol. The van der Waals surface area contributed by atoms with Crippen molar-refractivity contribution in [2.75, 3.05) is 26.7 Å². The highest BCUT2D eigenvalue weighted by Crippen LogP contribution is 2.16. The third-order valence-corrected chi connectivity index (χ3v) is 4.35. The standard InChI is InChI=1S/C15H30N2O2/c1-12-8-5-6-10-17(12)11-7-9-16-14(3)13(2)15(18)19-4/h12-14,16H,5-11H2,1-4H3. The van der Waals surface area contributed by atoms with E-state index in [4.69, 9.17) is 4.74 Å². The maximum absolute atomic E-state index is 11.4. The van der Waals surface area contributed by atoms with Gasteiger partial charge in [-0.15, -0.1) is 0 Å². The summed E-state index contributed by atoms with van der Waals surface area (Å²) >= 11 is 0. The van der Waals surface area contributed by atoms with Crippen LogP contribution in [0.15, 0.2) is 0 Å². The Morgan fingerprint density at radius 1 is 1.42 bits per heavy atom. The molecule has 0 spiro atoms. The number of rotatable bonds is 7. The lowest BCUT2D eigenvalue weighted by Crippen LogP contribution is -2.41. The topological polar surface area (TPSA) is 41.6 Å². The minimum Gasteiger partial charge on any atom is -0.469 e. The number of hydrogen-bond acceptors (Lipinski definition) is 4. The van der Waals surface area contributed by atoms with E-state index < -0.39 is 0 Å². The molecule has 3 unspecified atom stereocenters. The number of hydrogen-bond donors (Lipinski definition) is 1. The van der Waals surface area contributed by atoms with Crippen LogP contribution in [0.25, 0.3) is 0 Å². The van der Waals surface area contributed by atoms with E-state index in [0.717, 1.165) is 25.6 Å². The summed E-state index contributed by atoms with van der Waals surface area (Å²) in [6, 6.07) is 0.909. The van der Waals surface area contributed by atoms with Crippen LogP contribution in [0.3, 0.4) is 0 Å². The molecule has 0 aliphatic carbocycles. The Hall–Kier alpha value is -0.610. The molecule has 0 bridgehead atoms. The van der Waals surface area contributed by atoms with Gasteiger partial charge >= 0.3 is 5.97 Å². The molecule has 1 aliphatic heterocycles. The fraction of sp³-hybridized carbons (Fsp3) is 0.933. The number of carbonyl (C=O) groups is 1. The molecule has 1 heterocycles. The molecule has 112 valence electrons. The van der Waals surface area contributed by atoms with E-state index in [9.17, 15) is 4.79 Å². The lowest BCUT2D eigenvalue weighted by atomic mass is 10.0. The average molecular weight is 270 g/mol. The number of piperidine rings is 1. The summed E-state index contributed by atoms with van der Waals surface area (Å²) in [5, 5.41) is 3.42. The molecule has 0 aromatic carbocycles. The van der Waals surface area contributed by atoms with Crippen molar-refractivity contribution in [2.24, 2.45) is 5.92 Å². The van der Waals surface area contributed by atoms with Crippen LogP contribution in [0.2, 0.25) is 0 Å². The smallest absolute Gasteiger partial charge is 0.309 e. The first-order valence-electron chi connectivity index (χ1n) is 7.61. The Morgan fingerprint density at radius 3 is 2.79 bits per heavy atom. The van der Waals surface area contributed by atoms with Crippen LogP contribution >= 0.6 is 0 Å². The second-order valence-electron chi connectivity index (χ2n) is 5.79. The van der Waals surface area contributed by atoms with E-state index in [1.165, 1.54) is 32.9 Å². The van der Waals surface area contributed by atoms with Crippen LogP contribution in [-0.4, -0.2) is 49.7 Å². The second kappa shape index (κ2) is 8.54. The van der Waals surface area contributed by atoms with Crippen molar-refractivity contribution in [3.8, 4) is 0 Å². The monoisotopic (exact) mass is 270 g/mol. The van der Waals surface area contributed by atoms with E-state index in [1.807, 2.05) is 13.8 Å². The van der Waals surface area contributed by atoms with Gasteiger partial charge in [-0.3, -0.25) is 4.79 Å². The molecule has 0 aromatic rings. The molecule has 1 saturated heterocycles. The first-order chi connectivity index (χ1) is 9.06. The predicted octanol–water partition coefficient (Wildman–Crippen LogP) is 2.04. The lowest BCUT2D eigenvalue weighted by Gasteiger charge is -2.33. The van der Waals surface area contributed by atoms with Crippen molar-refractivity contribution in [1.29, 1.82) is 0 Å². The van der Waals surface area contributed by atoms with Gasteiger partial charge in [-0.2, -0.15) is 0 Å². The molecule has 1 aliphatic rings. The molecule has 1 N–H and O–H groups in total. The first kappa shape index (κ1) is 16.4. The first-order valence-corrected chi connectivity index (χ1v) is 7.61. The molecule has 1 rings (SSSR count). The summed E-state index contributed by atoms with van der Waals surface area (Å²) in [6.45, 7) is 9.66. The van der Waals surface area contributed by atoms with E-state index in [0.29, 0.717) is 0 Å². The van der Waals surface area contributed by atoms with Gasteiger partial charge in [0.15, 0.2) is 0 Å². The minimum absolute atomic E-state index is 0.0843. The van der Waals surface area contributed by atoms with Gasteiger partial charge in [0.05, 0.1) is 13.0 Å². The SMILES string of the molecule is COC(=O)C(C)C(C)NCCCN1CCCCC1C. The summed E-state index contributed by atoms with van der Waals surface area (Å²) in [6.07, 6.45) is 5.20. The normalized spacial score (nSPS) is 23.9. The Labute approximate surface area is 117 Å². The van der Waals surface area contributed by atoms with Crippen LogP contribution in [0.1, 0.15) is 46.5 Å². The van der Waals surface area contributed by atoms with Crippen LogP contribution < -0.4 is 5.32 Å². The number of methoxy groups -OCH3 is 1. The van der Waals surface area contributed by atoms with E-state index in [2.05, 4.69) is 17.1 Å². The summed E-state index contributed by atoms with van der Waals surface area (Å²) < 4.78 is 4.76. The largest absolute Gasteiger partial charge is 0.469 e. The molecule has 4 nitrogen and oxygen atoms in total. The van der Waals surface area contributed by atoms with Gasteiger partial charge in [-0.25, -0.2) is 0 Å². The average Bonchev–Trinajstić information content (AvgIpc) is 2.43. The van der Waals surface area contributed by atoms with Crippen molar-refractivity contribution in [3.63, 3.8) is 0 Å². The molecule has 1 fully saturated rings. The fourth-order valence-electron chi connectivity index (χ4n) is 2.67. The molecule has 0 saturated carbocycles. The molecule has 0 radical (unpaired) electrons. The molecular formula is C15H30N2O2. The minimum atomic E-state index is -0.135. The molecule has 0 aromatic heterocycles. The molecule has 3 atom stereocenters. The number of ether oxygens (including phenoxy) is 1. The van der Waals surface area contributed by atoms with Crippen molar-refractivity contribution < 1.29 is 9.53 Å². The number of esters is 1. The molecule has 0 amide bonds. The van der Waals surface area contributed by atoms with Crippen LogP contribution in [0.5, 0.6) is 0 Å².